The Hall–Kier alpha value is -4.91. The standard InChI is InChI=1S/C35H30ClF3N4O6/c1-34-23(31(46)42(33(34)48)17-7-5-4-6-8-17)16-22-19(28(34)20-10-9-18(49-3)15-25(20)44)11-12-21-27(22)32(47)43(30(21)45)41(2)29-24(36)13-14-26(40-29)35(37,38)39/h4-11,13-15,21-23,27-28,44H,12,16H2,1-3H3/t21-,22+,23-,27-,28+,34+/m0/s1. The SMILES string of the molecule is COc1ccc([C@H]2C3=CC[C@@H]4C(=O)N(N(C)c5nc(C(F)(F)F)ccc5Cl)C(=O)[C@@H]4[C@@H]3C[C@H]3C(=O)N(c4ccccc4)C(=O)[C@@]23C)c(O)c1. The first-order valence-corrected chi connectivity index (χ1v) is 15.9. The summed E-state index contributed by atoms with van der Waals surface area (Å²) >= 11 is 6.23. The fourth-order valence-corrected chi connectivity index (χ4v) is 8.49. The van der Waals surface area contributed by atoms with Crippen molar-refractivity contribution in [3.63, 3.8) is 0 Å². The Morgan fingerprint density at radius 2 is 1.71 bits per heavy atom. The molecule has 254 valence electrons. The number of alkyl halides is 3. The minimum Gasteiger partial charge on any atom is -0.508 e. The molecule has 7 rings (SSSR count). The van der Waals surface area contributed by atoms with Crippen LogP contribution in [-0.4, -0.2) is 52.9 Å². The molecule has 49 heavy (non-hydrogen) atoms. The molecule has 1 N–H and O–H groups in total. The second-order valence-corrected chi connectivity index (χ2v) is 13.3. The third-order valence-electron chi connectivity index (χ3n) is 10.5. The number of amides is 4. The number of benzene rings is 2. The lowest BCUT2D eigenvalue weighted by Gasteiger charge is -2.49. The quantitative estimate of drug-likeness (QED) is 0.265. The molecule has 2 aromatic carbocycles. The number of allylic oxidation sites excluding steroid dienone is 2. The van der Waals surface area contributed by atoms with Crippen LogP contribution in [0.25, 0.3) is 0 Å². The molecule has 0 spiro atoms. The van der Waals surface area contributed by atoms with E-state index in [1.54, 1.807) is 55.5 Å². The van der Waals surface area contributed by atoms with E-state index < -0.39 is 76.3 Å². The van der Waals surface area contributed by atoms with Crippen LogP contribution in [0.3, 0.4) is 0 Å². The number of aromatic nitrogens is 1. The first kappa shape index (κ1) is 32.6. The van der Waals surface area contributed by atoms with Gasteiger partial charge in [0.2, 0.25) is 11.8 Å². The van der Waals surface area contributed by atoms with Crippen LogP contribution in [0.2, 0.25) is 5.02 Å². The highest BCUT2D eigenvalue weighted by molar-refractivity contribution is 6.33. The molecule has 0 bridgehead atoms. The molecule has 14 heteroatoms. The van der Waals surface area contributed by atoms with Gasteiger partial charge in [0.25, 0.3) is 11.8 Å². The Labute approximate surface area is 283 Å². The van der Waals surface area contributed by atoms with Crippen molar-refractivity contribution in [2.75, 3.05) is 24.1 Å². The van der Waals surface area contributed by atoms with Gasteiger partial charge in [-0.05, 0) is 56.0 Å². The smallest absolute Gasteiger partial charge is 0.433 e. The zero-order valence-electron chi connectivity index (χ0n) is 26.4. The van der Waals surface area contributed by atoms with E-state index in [0.29, 0.717) is 28.6 Å². The first-order valence-electron chi connectivity index (χ1n) is 15.6. The van der Waals surface area contributed by atoms with Gasteiger partial charge in [-0.2, -0.15) is 18.2 Å². The van der Waals surface area contributed by atoms with Gasteiger partial charge in [-0.3, -0.25) is 24.2 Å². The predicted molar refractivity (Wildman–Crippen MR) is 170 cm³/mol. The summed E-state index contributed by atoms with van der Waals surface area (Å²) in [5, 5.41) is 12.8. The monoisotopic (exact) mass is 694 g/mol. The minimum atomic E-state index is -4.80. The number of methoxy groups -OCH3 is 1. The Bertz CT molecular complexity index is 1950. The van der Waals surface area contributed by atoms with Crippen LogP contribution < -0.4 is 14.6 Å². The topological polar surface area (TPSA) is 120 Å². The van der Waals surface area contributed by atoms with Crippen molar-refractivity contribution in [3.05, 3.63) is 88.6 Å². The third kappa shape index (κ3) is 4.72. The molecule has 1 aromatic heterocycles. The molecule has 4 aliphatic rings. The number of hydrazine groups is 1. The number of pyridine rings is 1. The van der Waals surface area contributed by atoms with Gasteiger partial charge in [0.1, 0.15) is 17.2 Å². The number of fused-ring (bicyclic) bond motifs is 4. The van der Waals surface area contributed by atoms with E-state index in [2.05, 4.69) is 4.98 Å². The highest BCUT2D eigenvalue weighted by Crippen LogP contribution is 2.64. The number of anilines is 2. The fraction of sp³-hybridized carbons (Fsp3) is 0.343. The Kier molecular flexibility index (Phi) is 7.54. The normalized spacial score (nSPS) is 27.9. The van der Waals surface area contributed by atoms with Crippen molar-refractivity contribution in [2.45, 2.75) is 31.9 Å². The van der Waals surface area contributed by atoms with E-state index in [4.69, 9.17) is 16.3 Å². The molecule has 3 aromatic rings. The van der Waals surface area contributed by atoms with Crippen LogP contribution >= 0.6 is 11.6 Å². The van der Waals surface area contributed by atoms with E-state index in [1.165, 1.54) is 20.2 Å². The van der Waals surface area contributed by atoms with Crippen molar-refractivity contribution >= 4 is 46.7 Å². The van der Waals surface area contributed by atoms with E-state index in [-0.39, 0.29) is 23.6 Å². The van der Waals surface area contributed by atoms with Gasteiger partial charge in [-0.25, -0.2) is 9.88 Å². The van der Waals surface area contributed by atoms with Gasteiger partial charge >= 0.3 is 6.18 Å². The number of carbonyl (C=O) groups is 4. The third-order valence-corrected chi connectivity index (χ3v) is 10.8. The largest absolute Gasteiger partial charge is 0.508 e. The summed E-state index contributed by atoms with van der Waals surface area (Å²) < 4.78 is 45.9. The van der Waals surface area contributed by atoms with Crippen LogP contribution in [0.1, 0.15) is 36.9 Å². The molecule has 0 unspecified atom stereocenters. The maximum Gasteiger partial charge on any atom is 0.433 e. The van der Waals surface area contributed by atoms with E-state index in [1.807, 2.05) is 0 Å². The molecule has 2 saturated heterocycles. The lowest BCUT2D eigenvalue weighted by atomic mass is 9.51. The molecule has 4 amide bonds. The van der Waals surface area contributed by atoms with Crippen LogP contribution in [0.4, 0.5) is 24.7 Å². The molecule has 2 aliphatic carbocycles. The Morgan fingerprint density at radius 3 is 2.37 bits per heavy atom. The molecular weight excluding hydrogens is 665 g/mol. The van der Waals surface area contributed by atoms with Crippen LogP contribution in [0, 0.1) is 29.1 Å². The number of imide groups is 2. The summed E-state index contributed by atoms with van der Waals surface area (Å²) in [4.78, 5) is 61.7. The summed E-state index contributed by atoms with van der Waals surface area (Å²) in [6.07, 6.45) is -2.88. The van der Waals surface area contributed by atoms with Gasteiger partial charge in [-0.1, -0.05) is 47.5 Å². The van der Waals surface area contributed by atoms with E-state index in [0.717, 1.165) is 21.0 Å². The van der Waals surface area contributed by atoms with Crippen molar-refractivity contribution in [2.24, 2.45) is 29.1 Å². The lowest BCUT2D eigenvalue weighted by molar-refractivity contribution is -0.141. The maximum atomic E-state index is 14.5. The molecular formula is C35H30ClF3N4O6. The number of nitrogens with zero attached hydrogens (tertiary/aromatic N) is 4. The Morgan fingerprint density at radius 1 is 1.00 bits per heavy atom. The number of hydrogen-bond acceptors (Lipinski definition) is 8. The second-order valence-electron chi connectivity index (χ2n) is 12.9. The number of rotatable bonds is 5. The fourth-order valence-electron chi connectivity index (χ4n) is 8.27. The molecule has 1 saturated carbocycles. The van der Waals surface area contributed by atoms with Gasteiger partial charge in [0.15, 0.2) is 5.82 Å². The summed E-state index contributed by atoms with van der Waals surface area (Å²) in [6, 6.07) is 14.8. The zero-order valence-corrected chi connectivity index (χ0v) is 27.2. The van der Waals surface area contributed by atoms with E-state index >= 15 is 0 Å². The maximum absolute atomic E-state index is 14.5. The first-order chi connectivity index (χ1) is 23.2. The molecule has 10 nitrogen and oxygen atoms in total. The van der Waals surface area contributed by atoms with Gasteiger partial charge < -0.3 is 9.84 Å². The van der Waals surface area contributed by atoms with Crippen LogP contribution in [-0.2, 0) is 25.4 Å². The molecule has 0 radical (unpaired) electrons. The zero-order chi connectivity index (χ0) is 35.2. The summed E-state index contributed by atoms with van der Waals surface area (Å²) in [6.45, 7) is 1.70. The van der Waals surface area contributed by atoms with Gasteiger partial charge in [-0.15, -0.1) is 0 Å². The number of ether oxygens (including phenoxy) is 1. The number of aromatic hydroxyl groups is 1. The number of hydrogen-bond donors (Lipinski definition) is 1. The van der Waals surface area contributed by atoms with Gasteiger partial charge in [0.05, 0.1) is 41.0 Å². The summed E-state index contributed by atoms with van der Waals surface area (Å²) in [5.41, 5.74) is -1.28. The molecule has 3 fully saturated rings. The second kappa shape index (κ2) is 11.3. The minimum absolute atomic E-state index is 0.0456. The predicted octanol–water partition coefficient (Wildman–Crippen LogP) is 5.75. The number of phenolic OH excluding ortho intramolecular Hbond substituents is 1. The highest BCUT2D eigenvalue weighted by atomic mass is 35.5. The van der Waals surface area contributed by atoms with Crippen LogP contribution in [0.5, 0.6) is 11.5 Å². The van der Waals surface area contributed by atoms with Crippen LogP contribution in [0.15, 0.2) is 72.3 Å². The number of carbonyl (C=O) groups excluding carboxylic acids is 4. The van der Waals surface area contributed by atoms with Crippen molar-refractivity contribution in [1.82, 2.24) is 9.99 Å². The number of phenols is 1. The summed E-state index contributed by atoms with van der Waals surface area (Å²) in [5.74, 6) is -6.98. The van der Waals surface area contributed by atoms with E-state index in [9.17, 15) is 37.5 Å². The molecule has 2 aliphatic heterocycles. The number of halogens is 4. The average molecular weight is 695 g/mol. The average Bonchev–Trinajstić information content (AvgIpc) is 3.44. The Balaban J connectivity index is 1.33. The molecule has 3 heterocycles. The molecule has 6 atom stereocenters. The summed E-state index contributed by atoms with van der Waals surface area (Å²) in [7, 11) is 2.68. The van der Waals surface area contributed by atoms with Crippen molar-refractivity contribution in [3.8, 4) is 11.5 Å². The van der Waals surface area contributed by atoms with Gasteiger partial charge in [0, 0.05) is 24.6 Å². The van der Waals surface area contributed by atoms with Crippen molar-refractivity contribution < 1.29 is 42.2 Å². The lowest BCUT2D eigenvalue weighted by Crippen LogP contribution is -2.49. The van der Waals surface area contributed by atoms with Crippen molar-refractivity contribution in [1.29, 1.82) is 0 Å². The number of para-hydroxylation sites is 1. The highest BCUT2D eigenvalue weighted by Gasteiger charge is 2.68.